The minimum Gasteiger partial charge on any atom is -0.377 e. The molecule has 5 heteroatoms. The third-order valence-electron chi connectivity index (χ3n) is 4.92. The third kappa shape index (κ3) is 3.29. The van der Waals surface area contributed by atoms with Crippen molar-refractivity contribution in [1.82, 2.24) is 9.55 Å². The number of aromatic nitrogens is 2. The molecule has 1 atom stereocenters. The lowest BCUT2D eigenvalue weighted by Gasteiger charge is -2.15. The summed E-state index contributed by atoms with van der Waals surface area (Å²) in [6, 6.07) is 13.7. The van der Waals surface area contributed by atoms with Crippen LogP contribution in [0.15, 0.2) is 52.4 Å². The summed E-state index contributed by atoms with van der Waals surface area (Å²) in [5.74, 6) is 0.815. The van der Waals surface area contributed by atoms with Gasteiger partial charge in [-0.05, 0) is 62.1 Å². The zero-order valence-corrected chi connectivity index (χ0v) is 15.9. The maximum atomic E-state index is 13.2. The molecular weight excluding hydrogens is 344 g/mol. The number of benzene rings is 2. The van der Waals surface area contributed by atoms with Crippen molar-refractivity contribution in [1.29, 1.82) is 0 Å². The molecule has 1 saturated heterocycles. The van der Waals surface area contributed by atoms with E-state index >= 15 is 0 Å². The van der Waals surface area contributed by atoms with E-state index in [-0.39, 0.29) is 11.7 Å². The molecule has 26 heavy (non-hydrogen) atoms. The van der Waals surface area contributed by atoms with Gasteiger partial charge in [-0.1, -0.05) is 30.0 Å². The quantitative estimate of drug-likeness (QED) is 0.511. The first kappa shape index (κ1) is 17.3. The van der Waals surface area contributed by atoms with Gasteiger partial charge in [0.25, 0.3) is 5.56 Å². The van der Waals surface area contributed by atoms with Gasteiger partial charge in [-0.3, -0.25) is 9.36 Å². The van der Waals surface area contributed by atoms with Gasteiger partial charge in [0.05, 0.1) is 22.7 Å². The van der Waals surface area contributed by atoms with Crippen LogP contribution >= 0.6 is 11.8 Å². The van der Waals surface area contributed by atoms with Crippen molar-refractivity contribution in [2.45, 2.75) is 37.9 Å². The lowest BCUT2D eigenvalue weighted by molar-refractivity contribution is 0.129. The summed E-state index contributed by atoms with van der Waals surface area (Å²) in [5.41, 5.74) is 3.97. The molecule has 0 saturated carbocycles. The van der Waals surface area contributed by atoms with Gasteiger partial charge in [0.1, 0.15) is 0 Å². The van der Waals surface area contributed by atoms with Crippen molar-refractivity contribution in [3.8, 4) is 5.69 Å². The lowest BCUT2D eigenvalue weighted by Crippen LogP contribution is -2.22. The van der Waals surface area contributed by atoms with E-state index in [9.17, 15) is 4.79 Å². The van der Waals surface area contributed by atoms with Gasteiger partial charge in [-0.25, -0.2) is 4.98 Å². The van der Waals surface area contributed by atoms with Crippen molar-refractivity contribution in [3.63, 3.8) is 0 Å². The molecule has 2 heterocycles. The summed E-state index contributed by atoms with van der Waals surface area (Å²) >= 11 is 1.61. The molecule has 4 rings (SSSR count). The topological polar surface area (TPSA) is 44.1 Å². The number of fused-ring (bicyclic) bond motifs is 1. The van der Waals surface area contributed by atoms with Crippen molar-refractivity contribution in [3.05, 3.63) is 63.9 Å². The van der Waals surface area contributed by atoms with E-state index in [1.165, 1.54) is 5.56 Å². The van der Waals surface area contributed by atoms with Crippen LogP contribution < -0.4 is 5.56 Å². The minimum atomic E-state index is -0.0197. The molecule has 1 aromatic heterocycles. The molecule has 0 radical (unpaired) electrons. The van der Waals surface area contributed by atoms with Gasteiger partial charge in [0.15, 0.2) is 5.16 Å². The number of ether oxygens (including phenoxy) is 1. The second kappa shape index (κ2) is 7.25. The highest BCUT2D eigenvalue weighted by Crippen LogP contribution is 2.26. The first-order valence-electron chi connectivity index (χ1n) is 8.97. The van der Waals surface area contributed by atoms with Crippen molar-refractivity contribution >= 4 is 22.7 Å². The van der Waals surface area contributed by atoms with Gasteiger partial charge in [0.2, 0.25) is 0 Å². The molecule has 0 N–H and O–H groups in total. The highest BCUT2D eigenvalue weighted by molar-refractivity contribution is 7.99. The second-order valence-electron chi connectivity index (χ2n) is 6.77. The number of hydrogen-bond acceptors (Lipinski definition) is 4. The van der Waals surface area contributed by atoms with Gasteiger partial charge in [-0.2, -0.15) is 0 Å². The van der Waals surface area contributed by atoms with E-state index in [4.69, 9.17) is 9.72 Å². The summed E-state index contributed by atoms with van der Waals surface area (Å²) < 4.78 is 7.48. The Bertz CT molecular complexity index is 1010. The average molecular weight is 366 g/mol. The molecule has 2 aromatic carbocycles. The Morgan fingerprint density at radius 1 is 1.19 bits per heavy atom. The van der Waals surface area contributed by atoms with E-state index < -0.39 is 0 Å². The average Bonchev–Trinajstić information content (AvgIpc) is 3.16. The van der Waals surface area contributed by atoms with Gasteiger partial charge in [0, 0.05) is 12.4 Å². The number of nitrogens with zero attached hydrogens (tertiary/aromatic N) is 2. The monoisotopic (exact) mass is 366 g/mol. The molecule has 0 amide bonds. The summed E-state index contributed by atoms with van der Waals surface area (Å²) in [6.07, 6.45) is 2.44. The van der Waals surface area contributed by atoms with E-state index in [1.54, 1.807) is 16.3 Å². The minimum absolute atomic E-state index is 0.0197. The zero-order chi connectivity index (χ0) is 18.1. The van der Waals surface area contributed by atoms with E-state index in [1.807, 2.05) is 30.3 Å². The summed E-state index contributed by atoms with van der Waals surface area (Å²) in [4.78, 5) is 18.0. The van der Waals surface area contributed by atoms with Crippen LogP contribution in [0.5, 0.6) is 0 Å². The molecule has 1 fully saturated rings. The number of hydrogen-bond donors (Lipinski definition) is 0. The normalized spacial score (nSPS) is 17.1. The highest BCUT2D eigenvalue weighted by Gasteiger charge is 2.19. The van der Waals surface area contributed by atoms with E-state index in [2.05, 4.69) is 26.0 Å². The van der Waals surface area contributed by atoms with Crippen LogP contribution in [0.4, 0.5) is 0 Å². The molecular formula is C21H22N2O2S. The first-order chi connectivity index (χ1) is 12.6. The van der Waals surface area contributed by atoms with Crippen LogP contribution in [0, 0.1) is 13.8 Å². The summed E-state index contributed by atoms with van der Waals surface area (Å²) in [6.45, 7) is 4.98. The Kier molecular flexibility index (Phi) is 4.83. The Hall–Kier alpha value is -2.11. The standard InChI is InChI=1S/C21H22N2O2S/c1-14-9-10-16(12-15(14)2)23-20(24)18-7-3-4-8-19(18)22-21(23)26-13-17-6-5-11-25-17/h3-4,7-10,12,17H,5-6,11,13H2,1-2H3. The Morgan fingerprint density at radius 2 is 2.04 bits per heavy atom. The number of thioether (sulfide) groups is 1. The summed E-state index contributed by atoms with van der Waals surface area (Å²) in [7, 11) is 0. The van der Waals surface area contributed by atoms with Gasteiger partial charge >= 0.3 is 0 Å². The van der Waals surface area contributed by atoms with Crippen LogP contribution in [-0.2, 0) is 4.74 Å². The van der Waals surface area contributed by atoms with Crippen LogP contribution in [0.25, 0.3) is 16.6 Å². The molecule has 0 aliphatic carbocycles. The molecule has 134 valence electrons. The SMILES string of the molecule is Cc1ccc(-n2c(SCC3CCCO3)nc3ccccc3c2=O)cc1C. The first-order valence-corrected chi connectivity index (χ1v) is 9.96. The summed E-state index contributed by atoms with van der Waals surface area (Å²) in [5, 5.41) is 1.37. The van der Waals surface area contributed by atoms with Crippen LogP contribution in [0.1, 0.15) is 24.0 Å². The van der Waals surface area contributed by atoms with Crippen LogP contribution in [0.2, 0.25) is 0 Å². The fourth-order valence-corrected chi connectivity index (χ4v) is 4.32. The molecule has 1 aliphatic rings. The number of rotatable bonds is 4. The second-order valence-corrected chi connectivity index (χ2v) is 7.75. The van der Waals surface area contributed by atoms with Crippen LogP contribution in [0.3, 0.4) is 0 Å². The van der Waals surface area contributed by atoms with Gasteiger partial charge in [-0.15, -0.1) is 0 Å². The number of para-hydroxylation sites is 1. The smallest absolute Gasteiger partial charge is 0.266 e. The maximum absolute atomic E-state index is 13.2. The Balaban J connectivity index is 1.84. The van der Waals surface area contributed by atoms with E-state index in [0.29, 0.717) is 5.39 Å². The zero-order valence-electron chi connectivity index (χ0n) is 15.1. The Labute approximate surface area is 157 Å². The van der Waals surface area contributed by atoms with Crippen molar-refractivity contribution in [2.75, 3.05) is 12.4 Å². The number of aryl methyl sites for hydroxylation is 2. The van der Waals surface area contributed by atoms with Crippen molar-refractivity contribution < 1.29 is 4.74 Å². The molecule has 4 nitrogen and oxygen atoms in total. The maximum Gasteiger partial charge on any atom is 0.266 e. The lowest BCUT2D eigenvalue weighted by atomic mass is 10.1. The molecule has 0 bridgehead atoms. The molecule has 1 aliphatic heterocycles. The Morgan fingerprint density at radius 3 is 2.81 bits per heavy atom. The predicted octanol–water partition coefficient (Wildman–Crippen LogP) is 4.27. The largest absolute Gasteiger partial charge is 0.377 e. The van der Waals surface area contributed by atoms with Crippen molar-refractivity contribution in [2.24, 2.45) is 0 Å². The van der Waals surface area contributed by atoms with Gasteiger partial charge < -0.3 is 4.74 Å². The van der Waals surface area contributed by atoms with E-state index in [0.717, 1.165) is 47.1 Å². The molecule has 3 aromatic rings. The fraction of sp³-hybridized carbons (Fsp3) is 0.333. The third-order valence-corrected chi connectivity index (χ3v) is 5.99. The predicted molar refractivity (Wildman–Crippen MR) is 107 cm³/mol. The fourth-order valence-electron chi connectivity index (χ4n) is 3.24. The highest BCUT2D eigenvalue weighted by atomic mass is 32.2. The molecule has 1 unspecified atom stereocenters. The molecule has 0 spiro atoms. The van der Waals surface area contributed by atoms with Crippen LogP contribution in [-0.4, -0.2) is 28.0 Å².